The Kier molecular flexibility index (Phi) is 4.69. The molecule has 0 bridgehead atoms. The van der Waals surface area contributed by atoms with Gasteiger partial charge in [0.25, 0.3) is 0 Å². The fourth-order valence-electron chi connectivity index (χ4n) is 0.509. The quantitative estimate of drug-likeness (QED) is 0.651. The van der Waals surface area contributed by atoms with Crippen molar-refractivity contribution in [2.24, 2.45) is 5.41 Å². The highest BCUT2D eigenvalue weighted by Crippen LogP contribution is 2.15. The zero-order valence-electron chi connectivity index (χ0n) is 8.37. The van der Waals surface area contributed by atoms with Gasteiger partial charge in [0.2, 0.25) is 0 Å². The molecule has 14 heavy (non-hydrogen) atoms. The Morgan fingerprint density at radius 3 is 2.57 bits per heavy atom. The van der Waals surface area contributed by atoms with Crippen molar-refractivity contribution >= 4 is 12.1 Å². The van der Waals surface area contributed by atoms with Crippen molar-refractivity contribution in [3.8, 4) is 0 Å². The predicted molar refractivity (Wildman–Crippen MR) is 51.0 cm³/mol. The van der Waals surface area contributed by atoms with Crippen molar-refractivity contribution in [2.45, 2.75) is 13.8 Å². The van der Waals surface area contributed by atoms with Gasteiger partial charge in [-0.15, -0.1) is 6.58 Å². The summed E-state index contributed by atoms with van der Waals surface area (Å²) in [4.78, 5) is 21.0. The highest BCUT2D eigenvalue weighted by Gasteiger charge is 2.15. The number of amides is 1. The number of carbonyl (C=O) groups is 2. The summed E-state index contributed by atoms with van der Waals surface area (Å²) in [5, 5.41) is 10.3. The van der Waals surface area contributed by atoms with E-state index in [0.29, 0.717) is 0 Å². The van der Waals surface area contributed by atoms with Gasteiger partial charge >= 0.3 is 12.1 Å². The van der Waals surface area contributed by atoms with E-state index in [-0.39, 0.29) is 12.0 Å². The predicted octanol–water partition coefficient (Wildman–Crippen LogP) is 1.01. The van der Waals surface area contributed by atoms with Gasteiger partial charge in [-0.3, -0.25) is 4.79 Å². The van der Waals surface area contributed by atoms with E-state index in [1.54, 1.807) is 6.08 Å². The molecule has 0 saturated carbocycles. The lowest BCUT2D eigenvalue weighted by molar-refractivity contribution is -0.135. The molecule has 0 spiro atoms. The van der Waals surface area contributed by atoms with E-state index in [0.717, 1.165) is 0 Å². The molecule has 0 aliphatic carbocycles. The first-order valence-electron chi connectivity index (χ1n) is 4.13. The van der Waals surface area contributed by atoms with Crippen LogP contribution in [-0.4, -0.2) is 30.3 Å². The average Bonchev–Trinajstić information content (AvgIpc) is 2.11. The fourth-order valence-corrected chi connectivity index (χ4v) is 0.509. The molecule has 0 aromatic carbocycles. The van der Waals surface area contributed by atoms with Gasteiger partial charge in [0, 0.05) is 5.41 Å². The number of nitrogens with one attached hydrogen (secondary N) is 1. The van der Waals surface area contributed by atoms with Gasteiger partial charge in [0.15, 0.2) is 0 Å². The van der Waals surface area contributed by atoms with Gasteiger partial charge in [-0.25, -0.2) is 4.79 Å². The number of aliphatic carboxylic acids is 1. The molecule has 0 atom stereocenters. The van der Waals surface area contributed by atoms with Gasteiger partial charge in [-0.2, -0.15) is 0 Å². The van der Waals surface area contributed by atoms with Crippen molar-refractivity contribution in [3.63, 3.8) is 0 Å². The van der Waals surface area contributed by atoms with Crippen LogP contribution in [0.1, 0.15) is 13.8 Å². The van der Waals surface area contributed by atoms with Gasteiger partial charge < -0.3 is 15.2 Å². The number of carboxylic acids is 1. The summed E-state index contributed by atoms with van der Waals surface area (Å²) in [6.07, 6.45) is 0.930. The Morgan fingerprint density at radius 2 is 2.14 bits per heavy atom. The zero-order chi connectivity index (χ0) is 11.2. The molecule has 2 N–H and O–H groups in total. The lowest BCUT2D eigenvalue weighted by Gasteiger charge is -2.18. The van der Waals surface area contributed by atoms with Crippen molar-refractivity contribution in [3.05, 3.63) is 12.7 Å². The summed E-state index contributed by atoms with van der Waals surface area (Å²) in [6, 6.07) is 0. The first-order valence-corrected chi connectivity index (χ1v) is 4.13. The molecule has 0 saturated heterocycles. The molecular weight excluding hydrogens is 186 g/mol. The average molecular weight is 201 g/mol. The molecule has 5 heteroatoms. The summed E-state index contributed by atoms with van der Waals surface area (Å²) < 4.78 is 4.76. The van der Waals surface area contributed by atoms with Crippen LogP contribution in [0.5, 0.6) is 0 Å². The zero-order valence-corrected chi connectivity index (χ0v) is 8.37. The van der Waals surface area contributed by atoms with Crippen LogP contribution < -0.4 is 5.32 Å². The second-order valence-electron chi connectivity index (χ2n) is 3.52. The SMILES string of the molecule is C=CC(C)(C)COC(=O)NCC(=O)O. The Labute approximate surface area is 82.7 Å². The number of hydrogen-bond donors (Lipinski definition) is 2. The van der Waals surface area contributed by atoms with Crippen LogP contribution in [0.15, 0.2) is 12.7 Å². The summed E-state index contributed by atoms with van der Waals surface area (Å²) >= 11 is 0. The molecule has 0 aromatic rings. The van der Waals surface area contributed by atoms with E-state index < -0.39 is 18.6 Å². The third kappa shape index (κ3) is 6.05. The third-order valence-electron chi connectivity index (χ3n) is 1.51. The van der Waals surface area contributed by atoms with Crippen molar-refractivity contribution in [1.29, 1.82) is 0 Å². The number of rotatable bonds is 5. The number of carbonyl (C=O) groups excluding carboxylic acids is 1. The monoisotopic (exact) mass is 201 g/mol. The Balaban J connectivity index is 3.74. The molecular formula is C9H15NO4. The Bertz CT molecular complexity index is 235. The molecule has 1 amide bonds. The molecule has 0 fully saturated rings. The maximum absolute atomic E-state index is 10.9. The molecule has 0 aromatic heterocycles. The van der Waals surface area contributed by atoms with E-state index in [1.807, 2.05) is 13.8 Å². The first kappa shape index (κ1) is 12.5. The standard InChI is InChI=1S/C9H15NO4/c1-4-9(2,3)6-14-8(13)10-5-7(11)12/h4H,1,5-6H2,2-3H3,(H,10,13)(H,11,12). The van der Waals surface area contributed by atoms with Gasteiger partial charge in [-0.05, 0) is 0 Å². The first-order chi connectivity index (χ1) is 6.37. The van der Waals surface area contributed by atoms with Crippen LogP contribution in [0, 0.1) is 5.41 Å². The molecule has 80 valence electrons. The van der Waals surface area contributed by atoms with E-state index in [1.165, 1.54) is 0 Å². The molecule has 0 aliphatic rings. The van der Waals surface area contributed by atoms with E-state index >= 15 is 0 Å². The van der Waals surface area contributed by atoms with Crippen LogP contribution in [0.25, 0.3) is 0 Å². The molecule has 0 unspecified atom stereocenters. The maximum Gasteiger partial charge on any atom is 0.407 e. The van der Waals surface area contributed by atoms with Crippen molar-refractivity contribution < 1.29 is 19.4 Å². The summed E-state index contributed by atoms with van der Waals surface area (Å²) in [5.74, 6) is -1.11. The van der Waals surface area contributed by atoms with Crippen molar-refractivity contribution in [2.75, 3.05) is 13.2 Å². The summed E-state index contributed by atoms with van der Waals surface area (Å²) in [7, 11) is 0. The van der Waals surface area contributed by atoms with Gasteiger partial charge in [-0.1, -0.05) is 19.9 Å². The minimum absolute atomic E-state index is 0.169. The molecule has 5 nitrogen and oxygen atoms in total. The van der Waals surface area contributed by atoms with E-state index in [4.69, 9.17) is 9.84 Å². The number of hydrogen-bond acceptors (Lipinski definition) is 3. The summed E-state index contributed by atoms with van der Waals surface area (Å²) in [5.41, 5.74) is -0.305. The lowest BCUT2D eigenvalue weighted by Crippen LogP contribution is -2.32. The third-order valence-corrected chi connectivity index (χ3v) is 1.51. The van der Waals surface area contributed by atoms with E-state index in [9.17, 15) is 9.59 Å². The Morgan fingerprint density at radius 1 is 1.57 bits per heavy atom. The summed E-state index contributed by atoms with van der Waals surface area (Å²) in [6.45, 7) is 7.01. The Hall–Kier alpha value is -1.52. The normalized spacial score (nSPS) is 10.4. The maximum atomic E-state index is 10.9. The minimum Gasteiger partial charge on any atom is -0.480 e. The molecule has 0 heterocycles. The molecule has 0 rings (SSSR count). The lowest BCUT2D eigenvalue weighted by atomic mass is 9.96. The van der Waals surface area contributed by atoms with Crippen LogP contribution >= 0.6 is 0 Å². The molecule has 0 aliphatic heterocycles. The minimum atomic E-state index is -1.11. The van der Waals surface area contributed by atoms with Gasteiger partial charge in [0.1, 0.15) is 13.2 Å². The van der Waals surface area contributed by atoms with Crippen molar-refractivity contribution in [1.82, 2.24) is 5.32 Å². The smallest absolute Gasteiger partial charge is 0.407 e. The van der Waals surface area contributed by atoms with Gasteiger partial charge in [0.05, 0.1) is 0 Å². The highest BCUT2D eigenvalue weighted by molar-refractivity contribution is 5.76. The topological polar surface area (TPSA) is 75.6 Å². The van der Waals surface area contributed by atoms with Crippen LogP contribution in [0.3, 0.4) is 0 Å². The van der Waals surface area contributed by atoms with Crippen LogP contribution in [0.2, 0.25) is 0 Å². The van der Waals surface area contributed by atoms with Crippen LogP contribution in [0.4, 0.5) is 4.79 Å². The molecule has 0 radical (unpaired) electrons. The second kappa shape index (κ2) is 5.26. The second-order valence-corrected chi connectivity index (χ2v) is 3.52. The highest BCUT2D eigenvalue weighted by atomic mass is 16.5. The largest absolute Gasteiger partial charge is 0.480 e. The van der Waals surface area contributed by atoms with E-state index in [2.05, 4.69) is 11.9 Å². The van der Waals surface area contributed by atoms with Crippen LogP contribution in [-0.2, 0) is 9.53 Å². The number of carboxylic acid groups (broad SMARTS) is 1. The number of ether oxygens (including phenoxy) is 1. The number of alkyl carbamates (subject to hydrolysis) is 1. The fraction of sp³-hybridized carbons (Fsp3) is 0.556.